The number of benzene rings is 3. The average molecular weight is 529 g/mol. The van der Waals surface area contributed by atoms with Gasteiger partial charge in [0.05, 0.1) is 17.7 Å². The van der Waals surface area contributed by atoms with E-state index in [2.05, 4.69) is 10.6 Å². The van der Waals surface area contributed by atoms with Crippen LogP contribution in [0.1, 0.15) is 26.5 Å². The summed E-state index contributed by atoms with van der Waals surface area (Å²) in [6.45, 7) is 0.821. The first-order chi connectivity index (χ1) is 18.5. The number of nitrogens with zero attached hydrogens (tertiary/aromatic N) is 2. The Labute approximate surface area is 222 Å². The van der Waals surface area contributed by atoms with Gasteiger partial charge in [-0.25, -0.2) is 9.07 Å². The zero-order chi connectivity index (χ0) is 26.5. The first kappa shape index (κ1) is 25.2. The zero-order valence-electron chi connectivity index (χ0n) is 20.6. The summed E-state index contributed by atoms with van der Waals surface area (Å²) in [6, 6.07) is 24.6. The first-order valence-electron chi connectivity index (χ1n) is 12.1. The van der Waals surface area contributed by atoms with Crippen LogP contribution < -0.4 is 15.4 Å². The van der Waals surface area contributed by atoms with Crippen molar-refractivity contribution < 1.29 is 18.7 Å². The van der Waals surface area contributed by atoms with Gasteiger partial charge >= 0.3 is 0 Å². The number of rotatable bonds is 9. The third-order valence-electron chi connectivity index (χ3n) is 5.96. The molecule has 2 aromatic heterocycles. The Bertz CT molecular complexity index is 1580. The van der Waals surface area contributed by atoms with E-state index in [1.165, 1.54) is 23.5 Å². The number of carbonyl (C=O) groups excluding carboxylic acids is 2. The van der Waals surface area contributed by atoms with Crippen LogP contribution in [0, 0.1) is 5.82 Å². The Morgan fingerprint density at radius 3 is 2.39 bits per heavy atom. The van der Waals surface area contributed by atoms with Gasteiger partial charge < -0.3 is 15.4 Å². The first-order valence-corrected chi connectivity index (χ1v) is 12.9. The van der Waals surface area contributed by atoms with E-state index in [1.807, 2.05) is 36.4 Å². The minimum absolute atomic E-state index is 0.196. The second-order valence-electron chi connectivity index (χ2n) is 8.53. The fraction of sp³-hybridized carbons (Fsp3) is 0.138. The van der Waals surface area contributed by atoms with Gasteiger partial charge in [0.2, 0.25) is 0 Å². The van der Waals surface area contributed by atoms with Crippen LogP contribution in [0.5, 0.6) is 5.75 Å². The molecule has 0 radical (unpaired) electrons. The molecule has 2 amide bonds. The Morgan fingerprint density at radius 2 is 1.66 bits per heavy atom. The second kappa shape index (κ2) is 11.3. The van der Waals surface area contributed by atoms with E-state index >= 15 is 0 Å². The normalized spacial score (nSPS) is 10.9. The van der Waals surface area contributed by atoms with Gasteiger partial charge in [-0.3, -0.25) is 9.59 Å². The van der Waals surface area contributed by atoms with Crippen LogP contribution in [0.4, 0.5) is 4.39 Å². The van der Waals surface area contributed by atoms with Crippen LogP contribution in [0.25, 0.3) is 27.2 Å². The quantitative estimate of drug-likeness (QED) is 0.249. The highest BCUT2D eigenvalue weighted by Gasteiger charge is 2.20. The van der Waals surface area contributed by atoms with Gasteiger partial charge in [-0.1, -0.05) is 36.4 Å². The zero-order valence-corrected chi connectivity index (χ0v) is 21.4. The van der Waals surface area contributed by atoms with E-state index in [0.29, 0.717) is 41.4 Å². The fourth-order valence-electron chi connectivity index (χ4n) is 4.03. The van der Waals surface area contributed by atoms with E-state index in [4.69, 9.17) is 9.84 Å². The average Bonchev–Trinajstić information content (AvgIpc) is 3.54. The molecule has 2 N–H and O–H groups in total. The van der Waals surface area contributed by atoms with Gasteiger partial charge in [0.15, 0.2) is 0 Å². The highest BCUT2D eigenvalue weighted by atomic mass is 32.1. The molecule has 0 aliphatic carbocycles. The van der Waals surface area contributed by atoms with Gasteiger partial charge in [-0.05, 0) is 55.0 Å². The Kier molecular flexibility index (Phi) is 7.46. The van der Waals surface area contributed by atoms with E-state index in [0.717, 1.165) is 21.5 Å². The van der Waals surface area contributed by atoms with Crippen molar-refractivity contribution >= 4 is 33.4 Å². The van der Waals surface area contributed by atoms with E-state index < -0.39 is 0 Å². The van der Waals surface area contributed by atoms with Gasteiger partial charge in [-0.15, -0.1) is 11.3 Å². The molecule has 192 valence electrons. The number of thiophene rings is 1. The summed E-state index contributed by atoms with van der Waals surface area (Å²) in [4.78, 5) is 26.6. The van der Waals surface area contributed by atoms with Crippen molar-refractivity contribution in [1.82, 2.24) is 20.4 Å². The van der Waals surface area contributed by atoms with Crippen LogP contribution in [0.3, 0.4) is 0 Å². The number of hydrogen-bond acceptors (Lipinski definition) is 5. The van der Waals surface area contributed by atoms with Crippen molar-refractivity contribution in [3.8, 4) is 22.7 Å². The number of halogens is 1. The Morgan fingerprint density at radius 1 is 0.921 bits per heavy atom. The van der Waals surface area contributed by atoms with Crippen LogP contribution in [0.2, 0.25) is 0 Å². The van der Waals surface area contributed by atoms with Gasteiger partial charge in [-0.2, -0.15) is 5.10 Å². The molecule has 0 aliphatic rings. The van der Waals surface area contributed by atoms with Crippen molar-refractivity contribution in [2.75, 3.05) is 20.2 Å². The van der Waals surface area contributed by atoms with Crippen molar-refractivity contribution in [2.24, 2.45) is 0 Å². The number of nitrogens with one attached hydrogen (secondary N) is 2. The molecule has 0 saturated carbocycles. The fourth-order valence-corrected chi connectivity index (χ4v) is 5.08. The van der Waals surface area contributed by atoms with E-state index in [-0.39, 0.29) is 17.6 Å². The predicted molar refractivity (Wildman–Crippen MR) is 147 cm³/mol. The smallest absolute Gasteiger partial charge is 0.261 e. The summed E-state index contributed by atoms with van der Waals surface area (Å²) >= 11 is 1.33. The number of ether oxygens (including phenoxy) is 1. The SMILES string of the molecule is COc1cccc(C(=O)NCCCNC(=O)c2cc3c(-c4ccccc4)nn(-c4ccc(F)cc4)c3s2)c1. The highest BCUT2D eigenvalue weighted by Crippen LogP contribution is 2.35. The maximum Gasteiger partial charge on any atom is 0.261 e. The highest BCUT2D eigenvalue weighted by molar-refractivity contribution is 7.20. The van der Waals surface area contributed by atoms with Crippen LogP contribution in [-0.4, -0.2) is 41.8 Å². The molecular weight excluding hydrogens is 503 g/mol. The number of aromatic nitrogens is 2. The minimum Gasteiger partial charge on any atom is -0.497 e. The maximum absolute atomic E-state index is 13.5. The minimum atomic E-state index is -0.327. The second-order valence-corrected chi connectivity index (χ2v) is 9.56. The largest absolute Gasteiger partial charge is 0.497 e. The molecule has 3 aromatic carbocycles. The van der Waals surface area contributed by atoms with Crippen molar-refractivity contribution in [3.63, 3.8) is 0 Å². The van der Waals surface area contributed by atoms with Crippen molar-refractivity contribution in [1.29, 1.82) is 0 Å². The van der Waals surface area contributed by atoms with Crippen LogP contribution in [-0.2, 0) is 0 Å². The number of fused-ring (bicyclic) bond motifs is 1. The molecule has 2 heterocycles. The third kappa shape index (κ3) is 5.42. The molecule has 0 spiro atoms. The molecule has 7 nitrogen and oxygen atoms in total. The summed E-state index contributed by atoms with van der Waals surface area (Å²) in [6.07, 6.45) is 0.574. The lowest BCUT2D eigenvalue weighted by atomic mass is 10.1. The summed E-state index contributed by atoms with van der Waals surface area (Å²) in [5.41, 5.74) is 2.90. The molecule has 0 aliphatic heterocycles. The lowest BCUT2D eigenvalue weighted by Crippen LogP contribution is -2.29. The molecule has 0 unspecified atom stereocenters. The molecular formula is C29H25FN4O3S. The monoisotopic (exact) mass is 528 g/mol. The van der Waals surface area contributed by atoms with Gasteiger partial charge in [0.25, 0.3) is 11.8 Å². The Balaban J connectivity index is 1.27. The predicted octanol–water partition coefficient (Wildman–Crippen LogP) is 5.45. The lowest BCUT2D eigenvalue weighted by molar-refractivity contribution is 0.0952. The molecule has 5 rings (SSSR count). The summed E-state index contributed by atoms with van der Waals surface area (Å²) in [7, 11) is 1.55. The van der Waals surface area contributed by atoms with E-state index in [9.17, 15) is 14.0 Å². The number of hydrogen-bond donors (Lipinski definition) is 2. The third-order valence-corrected chi connectivity index (χ3v) is 7.07. The molecule has 38 heavy (non-hydrogen) atoms. The molecule has 0 bridgehead atoms. The summed E-state index contributed by atoms with van der Waals surface area (Å²) in [5, 5.41) is 11.4. The molecule has 9 heteroatoms. The summed E-state index contributed by atoms with van der Waals surface area (Å²) < 4.78 is 20.4. The molecule has 5 aromatic rings. The Hall–Kier alpha value is -4.50. The van der Waals surface area contributed by atoms with Crippen LogP contribution in [0.15, 0.2) is 84.9 Å². The molecule has 0 fully saturated rings. The number of methoxy groups -OCH3 is 1. The number of amides is 2. The van der Waals surface area contributed by atoms with Crippen molar-refractivity contribution in [2.45, 2.75) is 6.42 Å². The summed E-state index contributed by atoms with van der Waals surface area (Å²) in [5.74, 6) is -0.105. The number of carbonyl (C=O) groups is 2. The van der Waals surface area contributed by atoms with Gasteiger partial charge in [0.1, 0.15) is 22.1 Å². The van der Waals surface area contributed by atoms with E-state index in [1.54, 1.807) is 48.2 Å². The maximum atomic E-state index is 13.5. The van der Waals surface area contributed by atoms with Crippen LogP contribution >= 0.6 is 11.3 Å². The lowest BCUT2D eigenvalue weighted by Gasteiger charge is -2.07. The molecule has 0 saturated heterocycles. The topological polar surface area (TPSA) is 85.2 Å². The molecule has 0 atom stereocenters. The standard InChI is InChI=1S/C29H25FN4O3S/c1-37-23-10-5-9-20(17-23)27(35)31-15-6-16-32-28(36)25-18-24-26(19-7-3-2-4-8-19)33-34(29(24)38-25)22-13-11-21(30)12-14-22/h2-5,7-14,17-18H,6,15-16H2,1H3,(H,31,35)(H,32,36). The van der Waals surface area contributed by atoms with Crippen molar-refractivity contribution in [3.05, 3.63) is 101 Å². The van der Waals surface area contributed by atoms with Gasteiger partial charge in [0, 0.05) is 29.6 Å².